The molecule has 1 N–H and O–H groups in total. The van der Waals surface area contributed by atoms with Crippen molar-refractivity contribution >= 4 is 0 Å². The Hall–Kier alpha value is -1.02. The molecule has 2 heteroatoms. The Morgan fingerprint density at radius 1 is 1.06 bits per heavy atom. The van der Waals surface area contributed by atoms with Gasteiger partial charge in [-0.3, -0.25) is 0 Å². The third kappa shape index (κ3) is 4.69. The van der Waals surface area contributed by atoms with Crippen molar-refractivity contribution in [3.63, 3.8) is 0 Å². The average Bonchev–Trinajstić information content (AvgIpc) is 2.35. The molecule has 18 heavy (non-hydrogen) atoms. The maximum Gasteiger partial charge on any atom is 0.119 e. The highest BCUT2D eigenvalue weighted by atomic mass is 16.5. The van der Waals surface area contributed by atoms with E-state index in [4.69, 9.17) is 4.74 Å². The van der Waals surface area contributed by atoms with E-state index < -0.39 is 0 Å². The highest BCUT2D eigenvalue weighted by Crippen LogP contribution is 2.22. The van der Waals surface area contributed by atoms with E-state index in [1.54, 1.807) is 0 Å². The zero-order valence-corrected chi connectivity index (χ0v) is 12.4. The molecule has 1 aromatic rings. The van der Waals surface area contributed by atoms with E-state index in [-0.39, 0.29) is 6.10 Å². The molecule has 2 atom stereocenters. The summed E-state index contributed by atoms with van der Waals surface area (Å²) in [7, 11) is 0. The molecule has 2 nitrogen and oxygen atoms in total. The van der Waals surface area contributed by atoms with Gasteiger partial charge in [-0.1, -0.05) is 26.0 Å². The first-order chi connectivity index (χ1) is 8.54. The molecular formula is C16H27NO. The van der Waals surface area contributed by atoms with Crippen molar-refractivity contribution in [2.24, 2.45) is 0 Å². The lowest BCUT2D eigenvalue weighted by molar-refractivity contribution is 0.242. The third-order valence-electron chi connectivity index (χ3n) is 3.24. The van der Waals surface area contributed by atoms with Crippen LogP contribution in [0.4, 0.5) is 0 Å². The molecular weight excluding hydrogens is 222 g/mol. The second-order valence-corrected chi connectivity index (χ2v) is 5.27. The summed E-state index contributed by atoms with van der Waals surface area (Å²) >= 11 is 0. The molecule has 0 aliphatic carbocycles. The summed E-state index contributed by atoms with van der Waals surface area (Å²) in [5, 5.41) is 3.55. The van der Waals surface area contributed by atoms with Crippen LogP contribution in [0.15, 0.2) is 24.3 Å². The van der Waals surface area contributed by atoms with Gasteiger partial charge in [0, 0.05) is 6.04 Å². The molecule has 0 aliphatic heterocycles. The summed E-state index contributed by atoms with van der Waals surface area (Å²) in [5.74, 6) is 1.47. The molecule has 102 valence electrons. The zero-order chi connectivity index (χ0) is 13.5. The molecule has 0 heterocycles. The van der Waals surface area contributed by atoms with Gasteiger partial charge in [-0.2, -0.15) is 0 Å². The van der Waals surface area contributed by atoms with Crippen LogP contribution in [-0.2, 0) is 0 Å². The van der Waals surface area contributed by atoms with Gasteiger partial charge in [0.25, 0.3) is 0 Å². The zero-order valence-electron chi connectivity index (χ0n) is 12.4. The van der Waals surface area contributed by atoms with Gasteiger partial charge in [0.05, 0.1) is 6.10 Å². The van der Waals surface area contributed by atoms with Crippen molar-refractivity contribution in [3.8, 4) is 5.75 Å². The Kier molecular flexibility index (Phi) is 6.20. The molecule has 1 aromatic carbocycles. The summed E-state index contributed by atoms with van der Waals surface area (Å²) in [6.45, 7) is 11.9. The minimum absolute atomic E-state index is 0.235. The number of hydrogen-bond donors (Lipinski definition) is 1. The molecule has 0 bridgehead atoms. The van der Waals surface area contributed by atoms with Crippen LogP contribution in [0.2, 0.25) is 0 Å². The van der Waals surface area contributed by atoms with Crippen LogP contribution >= 0.6 is 0 Å². The summed E-state index contributed by atoms with van der Waals surface area (Å²) in [6.07, 6.45) is 1.41. The minimum Gasteiger partial charge on any atom is -0.491 e. The average molecular weight is 249 g/mol. The smallest absolute Gasteiger partial charge is 0.119 e. The lowest BCUT2D eigenvalue weighted by Crippen LogP contribution is -2.31. The maximum absolute atomic E-state index is 5.66. The molecule has 0 aliphatic rings. The monoisotopic (exact) mass is 249 g/mol. The first-order valence-corrected chi connectivity index (χ1v) is 7.04. The van der Waals surface area contributed by atoms with Crippen molar-refractivity contribution < 1.29 is 4.74 Å². The van der Waals surface area contributed by atoms with Crippen LogP contribution in [0.5, 0.6) is 5.75 Å². The Morgan fingerprint density at radius 2 is 1.67 bits per heavy atom. The van der Waals surface area contributed by atoms with Crippen LogP contribution in [-0.4, -0.2) is 18.7 Å². The van der Waals surface area contributed by atoms with Gasteiger partial charge >= 0.3 is 0 Å². The second-order valence-electron chi connectivity index (χ2n) is 5.27. The maximum atomic E-state index is 5.66. The Balaban J connectivity index is 2.60. The van der Waals surface area contributed by atoms with Crippen molar-refractivity contribution in [3.05, 3.63) is 29.8 Å². The number of rotatable bonds is 7. The lowest BCUT2D eigenvalue weighted by Gasteiger charge is -2.22. The van der Waals surface area contributed by atoms with Gasteiger partial charge in [0.1, 0.15) is 5.75 Å². The predicted molar refractivity (Wildman–Crippen MR) is 78.4 cm³/mol. The minimum atomic E-state index is 0.235. The Bertz CT molecular complexity index is 331. The van der Waals surface area contributed by atoms with Crippen LogP contribution in [0.25, 0.3) is 0 Å². The summed E-state index contributed by atoms with van der Waals surface area (Å²) in [6, 6.07) is 8.98. The first kappa shape index (κ1) is 15.0. The highest BCUT2D eigenvalue weighted by molar-refractivity contribution is 5.30. The first-order valence-electron chi connectivity index (χ1n) is 7.04. The summed E-state index contributed by atoms with van der Waals surface area (Å²) in [4.78, 5) is 0. The van der Waals surface area contributed by atoms with Crippen LogP contribution in [0, 0.1) is 0 Å². The summed E-state index contributed by atoms with van der Waals surface area (Å²) in [5.41, 5.74) is 1.36. The van der Waals surface area contributed by atoms with Crippen molar-refractivity contribution in [1.29, 1.82) is 0 Å². The van der Waals surface area contributed by atoms with Crippen molar-refractivity contribution in [2.45, 2.75) is 59.1 Å². The van der Waals surface area contributed by atoms with Crippen LogP contribution < -0.4 is 10.1 Å². The number of hydrogen-bond acceptors (Lipinski definition) is 2. The fraction of sp³-hybridized carbons (Fsp3) is 0.625. The largest absolute Gasteiger partial charge is 0.491 e. The number of ether oxygens (including phenoxy) is 1. The predicted octanol–water partition coefficient (Wildman–Crippen LogP) is 3.97. The molecule has 2 unspecified atom stereocenters. The SMILES string of the molecule is CCCNC(C)C(C)c1ccc(OC(C)C)cc1. The van der Waals surface area contributed by atoms with Crippen LogP contribution in [0.1, 0.15) is 52.5 Å². The molecule has 0 amide bonds. The fourth-order valence-corrected chi connectivity index (χ4v) is 1.96. The third-order valence-corrected chi connectivity index (χ3v) is 3.24. The molecule has 0 fully saturated rings. The lowest BCUT2D eigenvalue weighted by atomic mass is 9.94. The second kappa shape index (κ2) is 7.42. The van der Waals surface area contributed by atoms with E-state index in [9.17, 15) is 0 Å². The van der Waals surface area contributed by atoms with E-state index in [2.05, 4.69) is 50.4 Å². The van der Waals surface area contributed by atoms with E-state index in [1.807, 2.05) is 13.8 Å². The van der Waals surface area contributed by atoms with E-state index in [0.717, 1.165) is 12.3 Å². The summed E-state index contributed by atoms with van der Waals surface area (Å²) < 4.78 is 5.66. The van der Waals surface area contributed by atoms with Crippen molar-refractivity contribution in [2.75, 3.05) is 6.54 Å². The molecule has 0 saturated heterocycles. The van der Waals surface area contributed by atoms with E-state index in [0.29, 0.717) is 12.0 Å². The normalized spacial score (nSPS) is 14.6. The van der Waals surface area contributed by atoms with Gasteiger partial charge < -0.3 is 10.1 Å². The Labute approximate surface area is 112 Å². The quantitative estimate of drug-likeness (QED) is 0.789. The van der Waals surface area contributed by atoms with Gasteiger partial charge in [0.15, 0.2) is 0 Å². The van der Waals surface area contributed by atoms with Crippen LogP contribution in [0.3, 0.4) is 0 Å². The number of nitrogens with one attached hydrogen (secondary N) is 1. The van der Waals surface area contributed by atoms with Crippen molar-refractivity contribution in [1.82, 2.24) is 5.32 Å². The number of benzene rings is 1. The Morgan fingerprint density at radius 3 is 2.17 bits per heavy atom. The molecule has 0 spiro atoms. The topological polar surface area (TPSA) is 21.3 Å². The van der Waals surface area contributed by atoms with E-state index in [1.165, 1.54) is 12.0 Å². The molecule has 0 aromatic heterocycles. The molecule has 1 rings (SSSR count). The molecule has 0 saturated carbocycles. The molecule has 0 radical (unpaired) electrons. The van der Waals surface area contributed by atoms with Gasteiger partial charge in [-0.25, -0.2) is 0 Å². The fourth-order valence-electron chi connectivity index (χ4n) is 1.96. The van der Waals surface area contributed by atoms with Gasteiger partial charge in [0.2, 0.25) is 0 Å². The standard InChI is InChI=1S/C16H27NO/c1-6-11-17-14(5)13(4)15-7-9-16(10-8-15)18-12(2)3/h7-10,12-14,17H,6,11H2,1-5H3. The van der Waals surface area contributed by atoms with E-state index >= 15 is 0 Å². The highest BCUT2D eigenvalue weighted by Gasteiger charge is 2.13. The van der Waals surface area contributed by atoms with Gasteiger partial charge in [-0.15, -0.1) is 0 Å². The van der Waals surface area contributed by atoms with Gasteiger partial charge in [-0.05, 0) is 57.4 Å².